The van der Waals surface area contributed by atoms with Crippen molar-refractivity contribution < 1.29 is 9.59 Å². The fraction of sp³-hybridized carbons (Fsp3) is 0.400. The first-order valence-corrected chi connectivity index (χ1v) is 10.3. The molecule has 0 spiro atoms. The lowest BCUT2D eigenvalue weighted by molar-refractivity contribution is 0.0951. The van der Waals surface area contributed by atoms with Gasteiger partial charge in [0.15, 0.2) is 0 Å². The summed E-state index contributed by atoms with van der Waals surface area (Å²) in [4.78, 5) is 25.1. The van der Waals surface area contributed by atoms with Gasteiger partial charge in [0.2, 0.25) is 0 Å². The first kappa shape index (κ1) is 18.9. The van der Waals surface area contributed by atoms with Gasteiger partial charge in [-0.15, -0.1) is 11.3 Å². The van der Waals surface area contributed by atoms with Crippen LogP contribution in [0.4, 0.5) is 5.69 Å². The maximum atomic E-state index is 12.4. The van der Waals surface area contributed by atoms with Gasteiger partial charge < -0.3 is 10.6 Å². The zero-order chi connectivity index (χ0) is 18.4. The van der Waals surface area contributed by atoms with Crippen molar-refractivity contribution in [2.75, 3.05) is 11.9 Å². The third-order valence-electron chi connectivity index (χ3n) is 4.77. The van der Waals surface area contributed by atoms with Crippen molar-refractivity contribution in [3.63, 3.8) is 0 Å². The van der Waals surface area contributed by atoms with E-state index in [9.17, 15) is 9.59 Å². The molecule has 1 saturated carbocycles. The van der Waals surface area contributed by atoms with Gasteiger partial charge in [0.1, 0.15) is 0 Å². The Morgan fingerprint density at radius 1 is 1.15 bits per heavy atom. The van der Waals surface area contributed by atoms with Gasteiger partial charge in [0.05, 0.1) is 15.6 Å². The number of rotatable bonds is 7. The fourth-order valence-corrected chi connectivity index (χ4v) is 4.13. The van der Waals surface area contributed by atoms with E-state index >= 15 is 0 Å². The van der Waals surface area contributed by atoms with Crippen molar-refractivity contribution in [1.29, 1.82) is 0 Å². The Labute approximate surface area is 162 Å². The number of benzene rings is 1. The number of hydrogen-bond acceptors (Lipinski definition) is 3. The quantitative estimate of drug-likeness (QED) is 0.625. The molecule has 0 saturated heterocycles. The Hall–Kier alpha value is -1.85. The molecule has 3 rings (SSSR count). The highest BCUT2D eigenvalue weighted by atomic mass is 35.5. The standard InChI is InChI=1S/C20H23ClN2O2S/c21-16-10-9-15(13-17(16)23-20(25)18-8-4-12-26-18)19(24)22-11-3-7-14-5-1-2-6-14/h4,8-10,12-14H,1-3,5-7,11H2,(H,22,24)(H,23,25). The van der Waals surface area contributed by atoms with Crippen molar-refractivity contribution in [2.45, 2.75) is 38.5 Å². The van der Waals surface area contributed by atoms with Gasteiger partial charge in [0.25, 0.3) is 11.8 Å². The molecule has 1 aromatic carbocycles. The fourth-order valence-electron chi connectivity index (χ4n) is 3.35. The van der Waals surface area contributed by atoms with Gasteiger partial charge in [-0.2, -0.15) is 0 Å². The van der Waals surface area contributed by atoms with Crippen LogP contribution in [0.2, 0.25) is 5.02 Å². The minimum atomic E-state index is -0.226. The molecule has 26 heavy (non-hydrogen) atoms. The largest absolute Gasteiger partial charge is 0.352 e. The molecule has 4 nitrogen and oxygen atoms in total. The highest BCUT2D eigenvalue weighted by Crippen LogP contribution is 2.28. The van der Waals surface area contributed by atoms with Gasteiger partial charge in [-0.3, -0.25) is 9.59 Å². The summed E-state index contributed by atoms with van der Waals surface area (Å²) in [5.74, 6) is 0.470. The summed E-state index contributed by atoms with van der Waals surface area (Å²) < 4.78 is 0. The Bertz CT molecular complexity index is 755. The summed E-state index contributed by atoms with van der Waals surface area (Å²) in [5, 5.41) is 7.98. The molecule has 2 N–H and O–H groups in total. The minimum absolute atomic E-state index is 0.139. The Morgan fingerprint density at radius 3 is 2.69 bits per heavy atom. The van der Waals surface area contributed by atoms with Crippen LogP contribution in [0, 0.1) is 5.92 Å². The Kier molecular flexibility index (Phi) is 6.69. The predicted molar refractivity (Wildman–Crippen MR) is 107 cm³/mol. The van der Waals surface area contributed by atoms with Gasteiger partial charge in [-0.25, -0.2) is 0 Å². The topological polar surface area (TPSA) is 58.2 Å². The summed E-state index contributed by atoms with van der Waals surface area (Å²) in [6.07, 6.45) is 7.55. The van der Waals surface area contributed by atoms with Crippen LogP contribution in [0.1, 0.15) is 58.6 Å². The van der Waals surface area contributed by atoms with E-state index in [1.54, 1.807) is 24.3 Å². The lowest BCUT2D eigenvalue weighted by atomic mass is 10.0. The van der Waals surface area contributed by atoms with Crippen molar-refractivity contribution in [2.24, 2.45) is 5.92 Å². The van der Waals surface area contributed by atoms with Crippen LogP contribution in [0.3, 0.4) is 0 Å². The molecule has 2 amide bonds. The van der Waals surface area contributed by atoms with Crippen molar-refractivity contribution in [1.82, 2.24) is 5.32 Å². The van der Waals surface area contributed by atoms with Crippen LogP contribution >= 0.6 is 22.9 Å². The smallest absolute Gasteiger partial charge is 0.265 e. The number of amides is 2. The van der Waals surface area contributed by atoms with Crippen LogP contribution in [0.15, 0.2) is 35.7 Å². The molecule has 1 aromatic heterocycles. The summed E-state index contributed by atoms with van der Waals surface area (Å²) in [6.45, 7) is 0.675. The maximum absolute atomic E-state index is 12.4. The van der Waals surface area contributed by atoms with Crippen LogP contribution in [-0.2, 0) is 0 Å². The van der Waals surface area contributed by atoms with E-state index in [0.29, 0.717) is 27.7 Å². The molecule has 2 aromatic rings. The van der Waals surface area contributed by atoms with E-state index in [-0.39, 0.29) is 11.8 Å². The summed E-state index contributed by atoms with van der Waals surface area (Å²) in [7, 11) is 0. The first-order valence-electron chi connectivity index (χ1n) is 9.06. The van der Waals surface area contributed by atoms with E-state index in [1.165, 1.54) is 43.4 Å². The van der Waals surface area contributed by atoms with E-state index in [4.69, 9.17) is 11.6 Å². The molecule has 0 atom stereocenters. The molecule has 0 radical (unpaired) electrons. The summed E-state index contributed by atoms with van der Waals surface area (Å²) in [6, 6.07) is 8.50. The highest BCUT2D eigenvalue weighted by molar-refractivity contribution is 7.12. The zero-order valence-corrected chi connectivity index (χ0v) is 16.2. The van der Waals surface area contributed by atoms with E-state index in [2.05, 4.69) is 10.6 Å². The zero-order valence-electron chi connectivity index (χ0n) is 14.6. The van der Waals surface area contributed by atoms with Gasteiger partial charge in [0, 0.05) is 12.1 Å². The number of thiophene rings is 1. The van der Waals surface area contributed by atoms with Crippen LogP contribution < -0.4 is 10.6 Å². The molecule has 1 heterocycles. The Morgan fingerprint density at radius 2 is 1.96 bits per heavy atom. The summed E-state index contributed by atoms with van der Waals surface area (Å²) in [5.41, 5.74) is 0.945. The SMILES string of the molecule is O=C(NCCCC1CCCC1)c1ccc(Cl)c(NC(=O)c2cccs2)c1. The van der Waals surface area contributed by atoms with Crippen LogP contribution in [-0.4, -0.2) is 18.4 Å². The second kappa shape index (κ2) is 9.19. The monoisotopic (exact) mass is 390 g/mol. The third kappa shape index (κ3) is 5.08. The molecular weight excluding hydrogens is 368 g/mol. The van der Waals surface area contributed by atoms with Crippen LogP contribution in [0.5, 0.6) is 0 Å². The second-order valence-corrected chi connectivity index (χ2v) is 8.03. The lowest BCUT2D eigenvalue weighted by Crippen LogP contribution is -2.25. The molecule has 0 bridgehead atoms. The normalized spacial score (nSPS) is 14.3. The summed E-state index contributed by atoms with van der Waals surface area (Å²) >= 11 is 7.52. The van der Waals surface area contributed by atoms with Crippen LogP contribution in [0.25, 0.3) is 0 Å². The van der Waals surface area contributed by atoms with Crippen molar-refractivity contribution in [3.8, 4) is 0 Å². The molecule has 0 aliphatic heterocycles. The number of carbonyl (C=O) groups is 2. The maximum Gasteiger partial charge on any atom is 0.265 e. The number of nitrogens with one attached hydrogen (secondary N) is 2. The molecule has 1 aliphatic carbocycles. The van der Waals surface area contributed by atoms with Gasteiger partial charge in [-0.05, 0) is 48.4 Å². The van der Waals surface area contributed by atoms with E-state index in [1.807, 2.05) is 11.4 Å². The van der Waals surface area contributed by atoms with E-state index < -0.39 is 0 Å². The molecule has 6 heteroatoms. The first-order chi connectivity index (χ1) is 12.6. The number of halogens is 1. The average molecular weight is 391 g/mol. The van der Waals surface area contributed by atoms with Crippen molar-refractivity contribution >= 4 is 40.4 Å². The number of hydrogen-bond donors (Lipinski definition) is 2. The lowest BCUT2D eigenvalue weighted by Gasteiger charge is -2.11. The second-order valence-electron chi connectivity index (χ2n) is 6.67. The highest BCUT2D eigenvalue weighted by Gasteiger charge is 2.15. The molecule has 1 fully saturated rings. The predicted octanol–water partition coefficient (Wildman–Crippen LogP) is 5.35. The molecule has 0 unspecified atom stereocenters. The van der Waals surface area contributed by atoms with Crippen molar-refractivity contribution in [3.05, 3.63) is 51.2 Å². The van der Waals surface area contributed by atoms with Gasteiger partial charge >= 0.3 is 0 Å². The molecule has 1 aliphatic rings. The minimum Gasteiger partial charge on any atom is -0.352 e. The number of anilines is 1. The molecule has 138 valence electrons. The van der Waals surface area contributed by atoms with Gasteiger partial charge in [-0.1, -0.05) is 43.4 Å². The Balaban J connectivity index is 1.53. The average Bonchev–Trinajstić information content (AvgIpc) is 3.34. The molecular formula is C20H23ClN2O2S. The number of carbonyl (C=O) groups excluding carboxylic acids is 2. The van der Waals surface area contributed by atoms with E-state index in [0.717, 1.165) is 12.3 Å². The third-order valence-corrected chi connectivity index (χ3v) is 5.97.